The summed E-state index contributed by atoms with van der Waals surface area (Å²) < 4.78 is 0. The Morgan fingerprint density at radius 1 is 1.07 bits per heavy atom. The Bertz CT molecular complexity index is 313. The van der Waals surface area contributed by atoms with Crippen molar-refractivity contribution in [1.29, 1.82) is 0 Å². The van der Waals surface area contributed by atoms with Crippen molar-refractivity contribution in [3.8, 4) is 0 Å². The van der Waals surface area contributed by atoms with Crippen LogP contribution in [0.2, 0.25) is 0 Å². The zero-order valence-corrected chi connectivity index (χ0v) is 9.59. The van der Waals surface area contributed by atoms with Crippen molar-refractivity contribution < 1.29 is 5.11 Å². The topological polar surface area (TPSA) is 20.2 Å². The lowest BCUT2D eigenvalue weighted by Gasteiger charge is -2.10. The van der Waals surface area contributed by atoms with E-state index in [0.717, 1.165) is 12.8 Å². The van der Waals surface area contributed by atoms with Gasteiger partial charge in [-0.25, -0.2) is 0 Å². The number of aliphatic hydroxyl groups excluding tert-OH is 1. The van der Waals surface area contributed by atoms with Crippen LogP contribution in [0.25, 0.3) is 0 Å². The molecule has 14 heavy (non-hydrogen) atoms. The molecule has 0 bridgehead atoms. The molecule has 0 fully saturated rings. The highest BCUT2D eigenvalue weighted by molar-refractivity contribution is 5.36. The fourth-order valence-electron chi connectivity index (χ4n) is 1.65. The molecule has 0 amide bonds. The summed E-state index contributed by atoms with van der Waals surface area (Å²) in [4.78, 5) is 0. The van der Waals surface area contributed by atoms with Gasteiger partial charge in [-0.15, -0.1) is 0 Å². The van der Waals surface area contributed by atoms with E-state index in [4.69, 9.17) is 0 Å². The highest BCUT2D eigenvalue weighted by Crippen LogP contribution is 2.17. The third kappa shape index (κ3) is 2.85. The van der Waals surface area contributed by atoms with Crippen molar-refractivity contribution in [3.05, 3.63) is 34.4 Å². The van der Waals surface area contributed by atoms with E-state index in [0.29, 0.717) is 0 Å². The van der Waals surface area contributed by atoms with Gasteiger partial charge in [0.15, 0.2) is 0 Å². The molecule has 1 rings (SSSR count). The fraction of sp³-hybridized carbons (Fsp3) is 0.538. The Morgan fingerprint density at radius 3 is 2.21 bits per heavy atom. The minimum Gasteiger partial charge on any atom is -0.393 e. The van der Waals surface area contributed by atoms with Gasteiger partial charge in [-0.3, -0.25) is 0 Å². The van der Waals surface area contributed by atoms with Gasteiger partial charge in [0.05, 0.1) is 6.10 Å². The summed E-state index contributed by atoms with van der Waals surface area (Å²) in [7, 11) is 0. The first-order valence-corrected chi connectivity index (χ1v) is 5.25. The van der Waals surface area contributed by atoms with Gasteiger partial charge in [0.2, 0.25) is 0 Å². The van der Waals surface area contributed by atoms with Gasteiger partial charge in [-0.2, -0.15) is 0 Å². The Kier molecular flexibility index (Phi) is 3.70. The van der Waals surface area contributed by atoms with E-state index in [1.54, 1.807) is 0 Å². The van der Waals surface area contributed by atoms with E-state index in [1.165, 1.54) is 22.3 Å². The number of hydrogen-bond donors (Lipinski definition) is 1. The van der Waals surface area contributed by atoms with Gasteiger partial charge in [0, 0.05) is 0 Å². The first-order chi connectivity index (χ1) is 6.50. The van der Waals surface area contributed by atoms with Crippen LogP contribution < -0.4 is 0 Å². The minimum absolute atomic E-state index is 0.198. The van der Waals surface area contributed by atoms with Crippen LogP contribution in [0.3, 0.4) is 0 Å². The molecule has 0 heterocycles. The molecule has 1 nitrogen and oxygen atoms in total. The molecule has 1 heteroatoms. The molecular formula is C13H20O. The van der Waals surface area contributed by atoms with E-state index < -0.39 is 0 Å². The lowest BCUT2D eigenvalue weighted by molar-refractivity contribution is 0.185. The monoisotopic (exact) mass is 192 g/mol. The van der Waals surface area contributed by atoms with Gasteiger partial charge in [0.1, 0.15) is 0 Å². The molecule has 0 aliphatic heterocycles. The summed E-state index contributed by atoms with van der Waals surface area (Å²) in [6, 6.07) is 4.47. The SMILES string of the molecule is Cc1cc(C)c(CC[C@@H](C)O)cc1C. The van der Waals surface area contributed by atoms with Gasteiger partial charge < -0.3 is 5.11 Å². The molecule has 78 valence electrons. The van der Waals surface area contributed by atoms with Crippen LogP contribution in [0.15, 0.2) is 12.1 Å². The van der Waals surface area contributed by atoms with Gasteiger partial charge in [0.25, 0.3) is 0 Å². The summed E-state index contributed by atoms with van der Waals surface area (Å²) in [5.41, 5.74) is 5.40. The zero-order valence-electron chi connectivity index (χ0n) is 9.59. The van der Waals surface area contributed by atoms with E-state index in [1.807, 2.05) is 6.92 Å². The molecular weight excluding hydrogens is 172 g/mol. The Labute approximate surface area is 86.8 Å². The maximum Gasteiger partial charge on any atom is 0.0515 e. The second-order valence-electron chi connectivity index (χ2n) is 4.25. The summed E-state index contributed by atoms with van der Waals surface area (Å²) >= 11 is 0. The lowest BCUT2D eigenvalue weighted by Crippen LogP contribution is -2.03. The number of rotatable bonds is 3. The highest BCUT2D eigenvalue weighted by Gasteiger charge is 2.03. The smallest absolute Gasteiger partial charge is 0.0515 e. The number of hydrogen-bond acceptors (Lipinski definition) is 1. The van der Waals surface area contributed by atoms with E-state index in [9.17, 15) is 5.11 Å². The molecule has 0 saturated heterocycles. The summed E-state index contributed by atoms with van der Waals surface area (Å²) in [5, 5.41) is 9.23. The molecule has 0 saturated carbocycles. The third-order valence-corrected chi connectivity index (χ3v) is 2.78. The Morgan fingerprint density at radius 2 is 1.64 bits per heavy atom. The quantitative estimate of drug-likeness (QED) is 0.780. The molecule has 1 atom stereocenters. The van der Waals surface area contributed by atoms with Crippen molar-refractivity contribution in [2.24, 2.45) is 0 Å². The van der Waals surface area contributed by atoms with Crippen LogP contribution in [0, 0.1) is 20.8 Å². The summed E-state index contributed by atoms with van der Waals surface area (Å²) in [5.74, 6) is 0. The summed E-state index contributed by atoms with van der Waals surface area (Å²) in [6.07, 6.45) is 1.63. The predicted molar refractivity (Wildman–Crippen MR) is 60.7 cm³/mol. The number of aliphatic hydroxyl groups is 1. The normalized spacial score (nSPS) is 12.9. The number of aryl methyl sites for hydroxylation is 4. The van der Waals surface area contributed by atoms with Crippen LogP contribution in [0.5, 0.6) is 0 Å². The van der Waals surface area contributed by atoms with Crippen LogP contribution in [0.1, 0.15) is 35.6 Å². The zero-order chi connectivity index (χ0) is 10.7. The maximum atomic E-state index is 9.23. The Balaban J connectivity index is 2.82. The fourth-order valence-corrected chi connectivity index (χ4v) is 1.65. The van der Waals surface area contributed by atoms with Crippen molar-refractivity contribution in [2.75, 3.05) is 0 Å². The van der Waals surface area contributed by atoms with Crippen LogP contribution in [-0.2, 0) is 6.42 Å². The largest absolute Gasteiger partial charge is 0.393 e. The molecule has 0 radical (unpaired) electrons. The Hall–Kier alpha value is -0.820. The standard InChI is InChI=1S/C13H20O/c1-9-7-11(3)13(8-10(9)2)6-5-12(4)14/h7-8,12,14H,5-6H2,1-4H3/t12-/m1/s1. The van der Waals surface area contributed by atoms with Gasteiger partial charge in [-0.1, -0.05) is 12.1 Å². The highest BCUT2D eigenvalue weighted by atomic mass is 16.3. The second-order valence-corrected chi connectivity index (χ2v) is 4.25. The molecule has 0 spiro atoms. The van der Waals surface area contributed by atoms with Crippen LogP contribution in [0.4, 0.5) is 0 Å². The second kappa shape index (κ2) is 4.61. The van der Waals surface area contributed by atoms with Crippen molar-refractivity contribution in [3.63, 3.8) is 0 Å². The summed E-state index contributed by atoms with van der Waals surface area (Å²) in [6.45, 7) is 8.27. The molecule has 1 N–H and O–H groups in total. The van der Waals surface area contributed by atoms with Crippen LogP contribution in [-0.4, -0.2) is 11.2 Å². The predicted octanol–water partition coefficient (Wildman–Crippen LogP) is 2.93. The average Bonchev–Trinajstić information content (AvgIpc) is 2.09. The van der Waals surface area contributed by atoms with E-state index in [-0.39, 0.29) is 6.10 Å². The molecule has 1 aromatic rings. The average molecular weight is 192 g/mol. The third-order valence-electron chi connectivity index (χ3n) is 2.78. The first kappa shape index (κ1) is 11.3. The molecule has 0 unspecified atom stereocenters. The van der Waals surface area contributed by atoms with Crippen LogP contribution >= 0.6 is 0 Å². The lowest BCUT2D eigenvalue weighted by atomic mass is 9.97. The first-order valence-electron chi connectivity index (χ1n) is 5.25. The van der Waals surface area contributed by atoms with Crippen molar-refractivity contribution in [2.45, 2.75) is 46.6 Å². The maximum absolute atomic E-state index is 9.23. The van der Waals surface area contributed by atoms with Crippen molar-refractivity contribution >= 4 is 0 Å². The van der Waals surface area contributed by atoms with E-state index in [2.05, 4.69) is 32.9 Å². The van der Waals surface area contributed by atoms with Crippen molar-refractivity contribution in [1.82, 2.24) is 0 Å². The number of benzene rings is 1. The molecule has 1 aromatic carbocycles. The van der Waals surface area contributed by atoms with Gasteiger partial charge in [-0.05, 0) is 62.8 Å². The van der Waals surface area contributed by atoms with E-state index >= 15 is 0 Å². The minimum atomic E-state index is -0.198. The molecule has 0 aliphatic rings. The molecule has 0 aromatic heterocycles. The molecule has 0 aliphatic carbocycles. The van der Waals surface area contributed by atoms with Gasteiger partial charge >= 0.3 is 0 Å².